The summed E-state index contributed by atoms with van der Waals surface area (Å²) in [7, 11) is -1.34. The molecule has 0 spiro atoms. The van der Waals surface area contributed by atoms with Gasteiger partial charge in [-0.1, -0.05) is 0 Å². The average Bonchev–Trinajstić information content (AvgIpc) is 3.09. The van der Waals surface area contributed by atoms with Crippen LogP contribution in [-0.4, -0.2) is 57.2 Å². The van der Waals surface area contributed by atoms with E-state index in [-0.39, 0.29) is 36.8 Å². The molecule has 120 valence electrons. The SMILES string of the molecule is CN(C(=O)CNc1ccc2c(c1)OCO2)C1CCS(=O)(=O)C1. The molecule has 2 aliphatic rings. The van der Waals surface area contributed by atoms with E-state index in [1.54, 1.807) is 25.2 Å². The monoisotopic (exact) mass is 326 g/mol. The van der Waals surface area contributed by atoms with Crippen molar-refractivity contribution in [3.05, 3.63) is 18.2 Å². The van der Waals surface area contributed by atoms with Crippen molar-refractivity contribution >= 4 is 21.4 Å². The van der Waals surface area contributed by atoms with Crippen LogP contribution in [0.15, 0.2) is 18.2 Å². The van der Waals surface area contributed by atoms with Crippen molar-refractivity contribution in [2.45, 2.75) is 12.5 Å². The van der Waals surface area contributed by atoms with Crippen LogP contribution in [0.4, 0.5) is 5.69 Å². The number of carbonyl (C=O) groups is 1. The van der Waals surface area contributed by atoms with Gasteiger partial charge in [-0.15, -0.1) is 0 Å². The third-order valence-corrected chi connectivity index (χ3v) is 5.72. The Morgan fingerprint density at radius 1 is 1.36 bits per heavy atom. The van der Waals surface area contributed by atoms with Crippen molar-refractivity contribution < 1.29 is 22.7 Å². The van der Waals surface area contributed by atoms with Crippen LogP contribution in [0.1, 0.15) is 6.42 Å². The van der Waals surface area contributed by atoms with Gasteiger partial charge in [0.2, 0.25) is 12.7 Å². The first-order valence-electron chi connectivity index (χ1n) is 7.04. The second-order valence-corrected chi connectivity index (χ2v) is 7.71. The third kappa shape index (κ3) is 3.11. The Kier molecular flexibility index (Phi) is 3.86. The zero-order valence-corrected chi connectivity index (χ0v) is 13.1. The molecule has 1 saturated heterocycles. The highest BCUT2D eigenvalue weighted by atomic mass is 32.2. The largest absolute Gasteiger partial charge is 0.454 e. The smallest absolute Gasteiger partial charge is 0.241 e. The van der Waals surface area contributed by atoms with Gasteiger partial charge in [-0.05, 0) is 18.6 Å². The van der Waals surface area contributed by atoms with E-state index in [9.17, 15) is 13.2 Å². The maximum atomic E-state index is 12.2. The molecule has 22 heavy (non-hydrogen) atoms. The molecule has 0 bridgehead atoms. The topological polar surface area (TPSA) is 84.9 Å². The predicted octanol–water partition coefficient (Wildman–Crippen LogP) is 0.473. The molecule has 0 saturated carbocycles. The lowest BCUT2D eigenvalue weighted by Gasteiger charge is -2.23. The van der Waals surface area contributed by atoms with Gasteiger partial charge in [0.1, 0.15) is 0 Å². The Bertz CT molecular complexity index is 688. The van der Waals surface area contributed by atoms with Crippen LogP contribution < -0.4 is 14.8 Å². The standard InChI is InChI=1S/C14H18N2O5S/c1-16(11-4-5-22(18,19)8-11)14(17)7-15-10-2-3-12-13(6-10)21-9-20-12/h2-3,6,11,15H,4-5,7-9H2,1H3. The number of hydrogen-bond acceptors (Lipinski definition) is 6. The molecule has 1 aromatic carbocycles. The van der Waals surface area contributed by atoms with Crippen molar-refractivity contribution in [1.82, 2.24) is 4.90 Å². The summed E-state index contributed by atoms with van der Waals surface area (Å²) in [5.41, 5.74) is 0.755. The van der Waals surface area contributed by atoms with E-state index in [1.807, 2.05) is 0 Å². The minimum atomic E-state index is -2.99. The van der Waals surface area contributed by atoms with Crippen LogP contribution in [0.3, 0.4) is 0 Å². The lowest BCUT2D eigenvalue weighted by molar-refractivity contribution is -0.129. The highest BCUT2D eigenvalue weighted by Gasteiger charge is 2.32. The molecule has 3 rings (SSSR count). The molecular formula is C14H18N2O5S. The van der Waals surface area contributed by atoms with Crippen molar-refractivity contribution in [3.8, 4) is 11.5 Å². The summed E-state index contributed by atoms with van der Waals surface area (Å²) in [4.78, 5) is 13.7. The van der Waals surface area contributed by atoms with Crippen molar-refractivity contribution in [2.75, 3.05) is 37.2 Å². The molecular weight excluding hydrogens is 308 g/mol. The molecule has 2 heterocycles. The van der Waals surface area contributed by atoms with Crippen LogP contribution in [0.5, 0.6) is 11.5 Å². The number of carbonyl (C=O) groups excluding carboxylic acids is 1. The molecule has 1 amide bonds. The summed E-state index contributed by atoms with van der Waals surface area (Å²) in [6.07, 6.45) is 0.509. The first-order valence-corrected chi connectivity index (χ1v) is 8.86. The summed E-state index contributed by atoms with van der Waals surface area (Å²) in [5, 5.41) is 3.02. The third-order valence-electron chi connectivity index (χ3n) is 3.97. The molecule has 2 aliphatic heterocycles. The fraction of sp³-hybridized carbons (Fsp3) is 0.500. The Morgan fingerprint density at radius 3 is 2.86 bits per heavy atom. The van der Waals surface area contributed by atoms with E-state index < -0.39 is 9.84 Å². The second kappa shape index (κ2) is 5.68. The number of anilines is 1. The van der Waals surface area contributed by atoms with Crippen molar-refractivity contribution in [1.29, 1.82) is 0 Å². The predicted molar refractivity (Wildman–Crippen MR) is 80.9 cm³/mol. The minimum absolute atomic E-state index is 0.0548. The number of hydrogen-bond donors (Lipinski definition) is 1. The number of benzene rings is 1. The first kappa shape index (κ1) is 15.0. The fourth-order valence-electron chi connectivity index (χ4n) is 2.59. The van der Waals surface area contributed by atoms with Gasteiger partial charge in [0.05, 0.1) is 18.1 Å². The lowest BCUT2D eigenvalue weighted by Crippen LogP contribution is -2.40. The number of fused-ring (bicyclic) bond motifs is 1. The highest BCUT2D eigenvalue weighted by Crippen LogP contribution is 2.34. The molecule has 1 atom stereocenters. The summed E-state index contributed by atoms with van der Waals surface area (Å²) in [6, 6.07) is 5.13. The van der Waals surface area contributed by atoms with E-state index in [0.717, 1.165) is 5.69 Å². The normalized spacial score (nSPS) is 21.6. The van der Waals surface area contributed by atoms with Gasteiger partial charge in [0, 0.05) is 24.8 Å². The number of rotatable bonds is 4. The molecule has 7 nitrogen and oxygen atoms in total. The number of likely N-dealkylation sites (N-methyl/N-ethyl adjacent to an activating group) is 1. The Hall–Kier alpha value is -1.96. The van der Waals surface area contributed by atoms with E-state index >= 15 is 0 Å². The van der Waals surface area contributed by atoms with Gasteiger partial charge in [-0.25, -0.2) is 8.42 Å². The van der Waals surface area contributed by atoms with E-state index in [4.69, 9.17) is 9.47 Å². The lowest BCUT2D eigenvalue weighted by atomic mass is 10.2. The molecule has 0 aliphatic carbocycles. The van der Waals surface area contributed by atoms with Gasteiger partial charge >= 0.3 is 0 Å². The highest BCUT2D eigenvalue weighted by molar-refractivity contribution is 7.91. The van der Waals surface area contributed by atoms with Gasteiger partial charge in [0.25, 0.3) is 0 Å². The average molecular weight is 326 g/mol. The number of ether oxygens (including phenoxy) is 2. The Morgan fingerprint density at radius 2 is 2.14 bits per heavy atom. The number of nitrogens with one attached hydrogen (secondary N) is 1. The molecule has 0 radical (unpaired) electrons. The summed E-state index contributed by atoms with van der Waals surface area (Å²) < 4.78 is 33.4. The minimum Gasteiger partial charge on any atom is -0.454 e. The maximum Gasteiger partial charge on any atom is 0.241 e. The van der Waals surface area contributed by atoms with Gasteiger partial charge < -0.3 is 19.7 Å². The Labute approximate surface area is 129 Å². The van der Waals surface area contributed by atoms with Crippen LogP contribution in [0.2, 0.25) is 0 Å². The Balaban J connectivity index is 1.56. The van der Waals surface area contributed by atoms with Crippen LogP contribution in [0, 0.1) is 0 Å². The maximum absolute atomic E-state index is 12.2. The number of sulfone groups is 1. The molecule has 1 N–H and O–H groups in total. The molecule has 1 aromatic rings. The number of amides is 1. The molecule has 0 aromatic heterocycles. The summed E-state index contributed by atoms with van der Waals surface area (Å²) in [5.74, 6) is 1.40. The van der Waals surface area contributed by atoms with Crippen LogP contribution >= 0.6 is 0 Å². The molecule has 1 unspecified atom stereocenters. The van der Waals surface area contributed by atoms with Crippen LogP contribution in [0.25, 0.3) is 0 Å². The zero-order chi connectivity index (χ0) is 15.7. The molecule has 1 fully saturated rings. The number of nitrogens with zero attached hydrogens (tertiary/aromatic N) is 1. The molecule has 8 heteroatoms. The van der Waals surface area contributed by atoms with Gasteiger partial charge in [-0.3, -0.25) is 4.79 Å². The van der Waals surface area contributed by atoms with Gasteiger partial charge in [0.15, 0.2) is 21.3 Å². The van der Waals surface area contributed by atoms with E-state index in [1.165, 1.54) is 4.90 Å². The summed E-state index contributed by atoms with van der Waals surface area (Å²) >= 11 is 0. The quantitative estimate of drug-likeness (QED) is 0.866. The zero-order valence-electron chi connectivity index (χ0n) is 12.2. The van der Waals surface area contributed by atoms with Crippen molar-refractivity contribution in [3.63, 3.8) is 0 Å². The van der Waals surface area contributed by atoms with E-state index in [0.29, 0.717) is 17.9 Å². The van der Waals surface area contributed by atoms with Gasteiger partial charge in [-0.2, -0.15) is 0 Å². The second-order valence-electron chi connectivity index (χ2n) is 5.48. The first-order chi connectivity index (χ1) is 10.4. The van der Waals surface area contributed by atoms with Crippen LogP contribution in [-0.2, 0) is 14.6 Å². The van der Waals surface area contributed by atoms with E-state index in [2.05, 4.69) is 5.32 Å². The fourth-order valence-corrected chi connectivity index (χ4v) is 4.37. The van der Waals surface area contributed by atoms with Crippen molar-refractivity contribution in [2.24, 2.45) is 0 Å². The summed E-state index contributed by atoms with van der Waals surface area (Å²) in [6.45, 7) is 0.309.